The average Bonchev–Trinajstić information content (AvgIpc) is 3.07. The summed E-state index contributed by atoms with van der Waals surface area (Å²) in [6.45, 7) is 1.90. The van der Waals surface area contributed by atoms with Crippen molar-refractivity contribution in [1.29, 1.82) is 5.26 Å². The van der Waals surface area contributed by atoms with Crippen molar-refractivity contribution in [2.75, 3.05) is 0 Å². The van der Waals surface area contributed by atoms with Gasteiger partial charge < -0.3 is 10.8 Å². The van der Waals surface area contributed by atoms with Crippen molar-refractivity contribution in [3.63, 3.8) is 0 Å². The van der Waals surface area contributed by atoms with Gasteiger partial charge in [0.2, 0.25) is 5.91 Å². The van der Waals surface area contributed by atoms with E-state index in [1.807, 2.05) is 31.2 Å². The van der Waals surface area contributed by atoms with Crippen LogP contribution in [0.1, 0.15) is 37.4 Å². The quantitative estimate of drug-likeness (QED) is 0.692. The van der Waals surface area contributed by atoms with Crippen LogP contribution in [-0.2, 0) is 6.42 Å². The number of nitrogens with two attached hydrogens (primary N) is 1. The molecule has 0 atom stereocenters. The van der Waals surface area contributed by atoms with E-state index in [4.69, 9.17) is 5.73 Å². The smallest absolute Gasteiger partial charge is 0.346 e. The van der Waals surface area contributed by atoms with Crippen molar-refractivity contribution in [1.82, 2.24) is 0 Å². The largest absolute Gasteiger partial charge is 0.477 e. The van der Waals surface area contributed by atoms with Crippen molar-refractivity contribution in [2.24, 2.45) is 5.73 Å². The van der Waals surface area contributed by atoms with E-state index < -0.39 is 11.9 Å². The Morgan fingerprint density at radius 1 is 1.04 bits per heavy atom. The molecular formula is C21H16N2O3S. The van der Waals surface area contributed by atoms with Gasteiger partial charge in [0.1, 0.15) is 10.9 Å². The molecule has 2 aromatic carbocycles. The van der Waals surface area contributed by atoms with Gasteiger partial charge in [0.05, 0.1) is 5.56 Å². The standard InChI is InChI=1S/C21H16N2O3S/c1-2-17-16(11-22)18(19(27-17)21(25)26)14-7-3-12(4-8-14)13-5-9-15(10-6-13)20(23)24/h3-10H,2H2,1H3,(H2,23,24)(H,25,26). The zero-order valence-electron chi connectivity index (χ0n) is 14.5. The summed E-state index contributed by atoms with van der Waals surface area (Å²) in [5.74, 6) is -1.51. The van der Waals surface area contributed by atoms with Crippen molar-refractivity contribution < 1.29 is 14.7 Å². The molecule has 0 radical (unpaired) electrons. The maximum Gasteiger partial charge on any atom is 0.346 e. The molecule has 3 N–H and O–H groups in total. The van der Waals surface area contributed by atoms with E-state index in [1.54, 1.807) is 24.3 Å². The molecular weight excluding hydrogens is 360 g/mol. The van der Waals surface area contributed by atoms with Gasteiger partial charge in [-0.3, -0.25) is 4.79 Å². The summed E-state index contributed by atoms with van der Waals surface area (Å²) in [5, 5.41) is 19.0. The van der Waals surface area contributed by atoms with Crippen molar-refractivity contribution in [3.8, 4) is 28.3 Å². The molecule has 0 bridgehead atoms. The number of thiophene rings is 1. The second-order valence-corrected chi connectivity index (χ2v) is 7.00. The summed E-state index contributed by atoms with van der Waals surface area (Å²) in [7, 11) is 0. The number of rotatable bonds is 5. The van der Waals surface area contributed by atoms with E-state index >= 15 is 0 Å². The molecule has 134 valence electrons. The molecule has 0 aliphatic rings. The molecule has 0 aliphatic heterocycles. The van der Waals surface area contributed by atoms with Crippen LogP contribution in [0.3, 0.4) is 0 Å². The van der Waals surface area contributed by atoms with E-state index in [2.05, 4.69) is 6.07 Å². The Morgan fingerprint density at radius 2 is 1.56 bits per heavy atom. The molecule has 1 aromatic heterocycles. The van der Waals surface area contributed by atoms with Gasteiger partial charge in [-0.15, -0.1) is 11.3 Å². The summed E-state index contributed by atoms with van der Waals surface area (Å²) in [5.41, 5.74) is 9.11. The molecule has 0 spiro atoms. The molecule has 0 aliphatic carbocycles. The van der Waals surface area contributed by atoms with Crippen LogP contribution in [-0.4, -0.2) is 17.0 Å². The number of aryl methyl sites for hydroxylation is 1. The zero-order chi connectivity index (χ0) is 19.6. The first kappa shape index (κ1) is 18.4. The van der Waals surface area contributed by atoms with Crippen LogP contribution in [0.15, 0.2) is 48.5 Å². The Balaban J connectivity index is 2.03. The van der Waals surface area contributed by atoms with Crippen molar-refractivity contribution in [2.45, 2.75) is 13.3 Å². The fourth-order valence-corrected chi connectivity index (χ4v) is 3.98. The maximum atomic E-state index is 11.6. The normalized spacial score (nSPS) is 10.4. The predicted molar refractivity (Wildman–Crippen MR) is 105 cm³/mol. The molecule has 3 rings (SSSR count). The molecule has 1 amide bonds. The lowest BCUT2D eigenvalue weighted by Gasteiger charge is -2.06. The first-order chi connectivity index (χ1) is 13.0. The van der Waals surface area contributed by atoms with Crippen molar-refractivity contribution >= 4 is 23.2 Å². The van der Waals surface area contributed by atoms with Gasteiger partial charge in [0.15, 0.2) is 0 Å². The van der Waals surface area contributed by atoms with E-state index in [0.29, 0.717) is 28.7 Å². The highest BCUT2D eigenvalue weighted by atomic mass is 32.1. The van der Waals surface area contributed by atoms with E-state index in [0.717, 1.165) is 27.3 Å². The van der Waals surface area contributed by atoms with Crippen LogP contribution < -0.4 is 5.73 Å². The minimum absolute atomic E-state index is 0.182. The number of aromatic carboxylic acids is 1. The van der Waals surface area contributed by atoms with Crippen molar-refractivity contribution in [3.05, 3.63) is 69.4 Å². The number of carbonyl (C=O) groups is 2. The van der Waals surface area contributed by atoms with Gasteiger partial charge in [-0.05, 0) is 35.2 Å². The predicted octanol–water partition coefficient (Wildman–Crippen LogP) is 4.31. The third-order valence-corrected chi connectivity index (χ3v) is 5.61. The number of primary amides is 1. The number of nitrogens with zero attached hydrogens (tertiary/aromatic N) is 1. The first-order valence-electron chi connectivity index (χ1n) is 8.26. The maximum absolute atomic E-state index is 11.6. The number of nitriles is 1. The summed E-state index contributed by atoms with van der Waals surface area (Å²) < 4.78 is 0. The summed E-state index contributed by atoms with van der Waals surface area (Å²) in [6, 6.07) is 16.4. The number of benzene rings is 2. The minimum Gasteiger partial charge on any atom is -0.477 e. The van der Waals surface area contributed by atoms with E-state index in [1.165, 1.54) is 0 Å². The zero-order valence-corrected chi connectivity index (χ0v) is 15.3. The fraction of sp³-hybridized carbons (Fsp3) is 0.0952. The van der Waals surface area contributed by atoms with E-state index in [-0.39, 0.29) is 4.88 Å². The number of hydrogen-bond acceptors (Lipinski definition) is 4. The fourth-order valence-electron chi connectivity index (χ4n) is 2.93. The Kier molecular flexibility index (Phi) is 5.06. The topological polar surface area (TPSA) is 104 Å². The summed E-state index contributed by atoms with van der Waals surface area (Å²) in [4.78, 5) is 23.8. The van der Waals surface area contributed by atoms with Gasteiger partial charge in [-0.1, -0.05) is 43.3 Å². The van der Waals surface area contributed by atoms with Crippen LogP contribution in [0.2, 0.25) is 0 Å². The number of amides is 1. The van der Waals surface area contributed by atoms with Gasteiger partial charge in [0, 0.05) is 16.0 Å². The first-order valence-corrected chi connectivity index (χ1v) is 9.07. The molecule has 3 aromatic rings. The molecule has 0 fully saturated rings. The SMILES string of the molecule is CCc1sc(C(=O)O)c(-c2ccc(-c3ccc(C(N)=O)cc3)cc2)c1C#N. The molecule has 1 heterocycles. The summed E-state index contributed by atoms with van der Waals surface area (Å²) >= 11 is 1.15. The number of hydrogen-bond donors (Lipinski definition) is 2. The Labute approximate surface area is 160 Å². The molecule has 0 unspecified atom stereocenters. The lowest BCUT2D eigenvalue weighted by molar-refractivity contribution is 0.0702. The highest BCUT2D eigenvalue weighted by Crippen LogP contribution is 2.37. The second-order valence-electron chi connectivity index (χ2n) is 5.89. The number of carbonyl (C=O) groups excluding carboxylic acids is 1. The third kappa shape index (κ3) is 3.46. The number of carboxylic acid groups (broad SMARTS) is 1. The molecule has 6 heteroatoms. The Hall–Kier alpha value is -3.43. The van der Waals surface area contributed by atoms with Gasteiger partial charge in [0.25, 0.3) is 0 Å². The van der Waals surface area contributed by atoms with Gasteiger partial charge >= 0.3 is 5.97 Å². The van der Waals surface area contributed by atoms with Crippen LogP contribution in [0, 0.1) is 11.3 Å². The van der Waals surface area contributed by atoms with Crippen LogP contribution in [0.25, 0.3) is 22.3 Å². The minimum atomic E-state index is -1.03. The Bertz CT molecular complexity index is 1060. The molecule has 27 heavy (non-hydrogen) atoms. The third-order valence-electron chi connectivity index (χ3n) is 4.28. The monoisotopic (exact) mass is 376 g/mol. The van der Waals surface area contributed by atoms with Gasteiger partial charge in [-0.2, -0.15) is 5.26 Å². The van der Waals surface area contributed by atoms with Gasteiger partial charge in [-0.25, -0.2) is 4.79 Å². The van der Waals surface area contributed by atoms with Crippen LogP contribution in [0.4, 0.5) is 0 Å². The highest BCUT2D eigenvalue weighted by molar-refractivity contribution is 7.14. The van der Waals surface area contributed by atoms with E-state index in [9.17, 15) is 20.0 Å². The second kappa shape index (κ2) is 7.44. The van der Waals surface area contributed by atoms with Crippen LogP contribution in [0.5, 0.6) is 0 Å². The molecule has 0 saturated heterocycles. The Morgan fingerprint density at radius 3 is 2.00 bits per heavy atom. The number of carboxylic acids is 1. The average molecular weight is 376 g/mol. The molecule has 0 saturated carbocycles. The van der Waals surface area contributed by atoms with Crippen LogP contribution >= 0.6 is 11.3 Å². The highest BCUT2D eigenvalue weighted by Gasteiger charge is 2.23. The lowest BCUT2D eigenvalue weighted by Crippen LogP contribution is -2.10. The summed E-state index contributed by atoms with van der Waals surface area (Å²) in [6.07, 6.45) is 0.609. The lowest BCUT2D eigenvalue weighted by atomic mass is 9.97. The molecule has 5 nitrogen and oxygen atoms in total.